The van der Waals surface area contributed by atoms with Crippen LogP contribution in [0.4, 0.5) is 0 Å². The predicted octanol–water partition coefficient (Wildman–Crippen LogP) is 3.23. The highest BCUT2D eigenvalue weighted by Crippen LogP contribution is 2.28. The highest BCUT2D eigenvalue weighted by atomic mass is 16.5. The van der Waals surface area contributed by atoms with Crippen LogP contribution < -0.4 is 10.9 Å². The lowest BCUT2D eigenvalue weighted by molar-refractivity contribution is 0.0596. The number of carbonyl (C=O) groups is 2. The third-order valence-electron chi connectivity index (χ3n) is 5.57. The van der Waals surface area contributed by atoms with Crippen molar-refractivity contribution in [2.24, 2.45) is 0 Å². The summed E-state index contributed by atoms with van der Waals surface area (Å²) in [6.45, 7) is 0.141. The van der Waals surface area contributed by atoms with Gasteiger partial charge >= 0.3 is 5.97 Å². The monoisotopic (exact) mass is 405 g/mol. The smallest absolute Gasteiger partial charge is 0.338 e. The van der Waals surface area contributed by atoms with Crippen LogP contribution in [-0.4, -0.2) is 28.8 Å². The van der Waals surface area contributed by atoms with Crippen molar-refractivity contribution in [2.75, 3.05) is 7.11 Å². The van der Waals surface area contributed by atoms with Gasteiger partial charge in [-0.2, -0.15) is 5.10 Å². The zero-order valence-electron chi connectivity index (χ0n) is 16.8. The fourth-order valence-electron chi connectivity index (χ4n) is 4.03. The molecule has 0 radical (unpaired) electrons. The molecule has 30 heavy (non-hydrogen) atoms. The predicted molar refractivity (Wildman–Crippen MR) is 112 cm³/mol. The van der Waals surface area contributed by atoms with Crippen LogP contribution in [0.15, 0.2) is 53.3 Å². The van der Waals surface area contributed by atoms with E-state index in [1.807, 2.05) is 18.2 Å². The number of hydrogen-bond acceptors (Lipinski definition) is 5. The fourth-order valence-corrected chi connectivity index (χ4v) is 4.03. The molecule has 2 aromatic carbocycles. The van der Waals surface area contributed by atoms with Gasteiger partial charge in [0.15, 0.2) is 0 Å². The Morgan fingerprint density at radius 2 is 1.67 bits per heavy atom. The first-order chi connectivity index (χ1) is 14.6. The Bertz CT molecular complexity index is 1160. The van der Waals surface area contributed by atoms with Crippen LogP contribution in [0.5, 0.6) is 0 Å². The molecule has 1 heterocycles. The molecule has 0 unspecified atom stereocenters. The second-order valence-corrected chi connectivity index (χ2v) is 7.40. The summed E-state index contributed by atoms with van der Waals surface area (Å²) in [7, 11) is 1.28. The van der Waals surface area contributed by atoms with Gasteiger partial charge in [-0.15, -0.1) is 0 Å². The summed E-state index contributed by atoms with van der Waals surface area (Å²) in [6, 6.07) is 13.9. The fraction of sp³-hybridized carbons (Fsp3) is 0.304. The van der Waals surface area contributed by atoms with Crippen molar-refractivity contribution in [1.82, 2.24) is 15.1 Å². The van der Waals surface area contributed by atoms with Gasteiger partial charge in [-0.05, 0) is 31.0 Å². The lowest BCUT2D eigenvalue weighted by atomic mass is 10.1. The Kier molecular flexibility index (Phi) is 5.61. The van der Waals surface area contributed by atoms with Gasteiger partial charge in [-0.3, -0.25) is 9.59 Å². The number of benzene rings is 2. The summed E-state index contributed by atoms with van der Waals surface area (Å²) in [6.07, 6.45) is 4.04. The third kappa shape index (κ3) is 3.70. The van der Waals surface area contributed by atoms with Gasteiger partial charge in [-0.25, -0.2) is 9.48 Å². The van der Waals surface area contributed by atoms with Crippen molar-refractivity contribution in [3.8, 4) is 0 Å². The Morgan fingerprint density at radius 3 is 2.37 bits per heavy atom. The van der Waals surface area contributed by atoms with Crippen LogP contribution >= 0.6 is 0 Å². The van der Waals surface area contributed by atoms with Gasteiger partial charge < -0.3 is 10.1 Å². The molecule has 154 valence electrons. The average Bonchev–Trinajstić information content (AvgIpc) is 3.32. The number of esters is 1. The lowest BCUT2D eigenvalue weighted by Gasteiger charge is -2.16. The maximum absolute atomic E-state index is 12.9. The summed E-state index contributed by atoms with van der Waals surface area (Å²) in [5, 5.41) is 8.78. The van der Waals surface area contributed by atoms with Crippen LogP contribution in [0, 0.1) is 0 Å². The van der Waals surface area contributed by atoms with Gasteiger partial charge in [-0.1, -0.05) is 43.2 Å². The number of fused-ring (bicyclic) bond motifs is 1. The summed E-state index contributed by atoms with van der Waals surface area (Å²) in [5.74, 6) is -0.973. The van der Waals surface area contributed by atoms with Gasteiger partial charge in [0.1, 0.15) is 0 Å². The molecule has 1 fully saturated rings. The second-order valence-electron chi connectivity index (χ2n) is 7.40. The number of hydrogen-bond donors (Lipinski definition) is 1. The molecular formula is C23H23N3O4. The molecular weight excluding hydrogens is 382 g/mol. The van der Waals surface area contributed by atoms with Crippen LogP contribution in [0.3, 0.4) is 0 Å². The number of nitrogens with zero attached hydrogens (tertiary/aromatic N) is 2. The van der Waals surface area contributed by atoms with Crippen LogP contribution in [0.1, 0.15) is 58.1 Å². The number of amides is 1. The van der Waals surface area contributed by atoms with E-state index in [0.29, 0.717) is 11.1 Å². The zero-order chi connectivity index (χ0) is 21.1. The molecule has 0 spiro atoms. The van der Waals surface area contributed by atoms with E-state index in [1.165, 1.54) is 7.11 Å². The van der Waals surface area contributed by atoms with E-state index in [9.17, 15) is 14.4 Å². The number of rotatable bonds is 5. The molecule has 0 bridgehead atoms. The summed E-state index contributed by atoms with van der Waals surface area (Å²) < 4.78 is 6.35. The van der Waals surface area contributed by atoms with E-state index in [2.05, 4.69) is 10.4 Å². The third-order valence-corrected chi connectivity index (χ3v) is 5.57. The maximum atomic E-state index is 12.9. The molecule has 1 aliphatic rings. The number of methoxy groups -OCH3 is 1. The van der Waals surface area contributed by atoms with Crippen LogP contribution in [0.25, 0.3) is 10.8 Å². The molecule has 0 saturated heterocycles. The van der Waals surface area contributed by atoms with Gasteiger partial charge in [0.2, 0.25) is 0 Å². The molecule has 0 atom stereocenters. The van der Waals surface area contributed by atoms with Crippen LogP contribution in [-0.2, 0) is 11.3 Å². The first-order valence-corrected chi connectivity index (χ1v) is 10.1. The van der Waals surface area contributed by atoms with E-state index in [0.717, 1.165) is 31.1 Å². The number of aromatic nitrogens is 2. The number of carbonyl (C=O) groups excluding carboxylic acids is 2. The molecule has 1 amide bonds. The summed E-state index contributed by atoms with van der Waals surface area (Å²) >= 11 is 0. The van der Waals surface area contributed by atoms with Gasteiger partial charge in [0.25, 0.3) is 11.5 Å². The molecule has 3 aromatic rings. The minimum atomic E-state index is -0.570. The quantitative estimate of drug-likeness (QED) is 0.658. The van der Waals surface area contributed by atoms with Crippen molar-refractivity contribution in [3.05, 3.63) is 75.7 Å². The van der Waals surface area contributed by atoms with Crippen LogP contribution in [0.2, 0.25) is 0 Å². The molecule has 7 nitrogen and oxygen atoms in total. The first kappa shape index (κ1) is 19.8. The average molecular weight is 405 g/mol. The second kappa shape index (κ2) is 8.49. The van der Waals surface area contributed by atoms with Gasteiger partial charge in [0.05, 0.1) is 41.9 Å². The highest BCUT2D eigenvalue weighted by Gasteiger charge is 2.22. The summed E-state index contributed by atoms with van der Waals surface area (Å²) in [4.78, 5) is 37.7. The van der Waals surface area contributed by atoms with Crippen molar-refractivity contribution >= 4 is 22.6 Å². The Morgan fingerprint density at radius 1 is 1.03 bits per heavy atom. The van der Waals surface area contributed by atoms with E-state index in [4.69, 9.17) is 4.74 Å². The largest absolute Gasteiger partial charge is 0.465 e. The van der Waals surface area contributed by atoms with E-state index < -0.39 is 11.9 Å². The van der Waals surface area contributed by atoms with E-state index in [1.54, 1.807) is 35.0 Å². The molecule has 1 N–H and O–H groups in total. The normalized spacial score (nSPS) is 14.0. The van der Waals surface area contributed by atoms with Gasteiger partial charge in [0, 0.05) is 5.39 Å². The molecule has 1 aromatic heterocycles. The highest BCUT2D eigenvalue weighted by molar-refractivity contribution is 6.05. The Balaban J connectivity index is 1.66. The maximum Gasteiger partial charge on any atom is 0.338 e. The Hall–Kier alpha value is -3.48. The zero-order valence-corrected chi connectivity index (χ0v) is 16.8. The van der Waals surface area contributed by atoms with Crippen molar-refractivity contribution in [1.29, 1.82) is 0 Å². The van der Waals surface area contributed by atoms with E-state index in [-0.39, 0.29) is 29.3 Å². The minimum Gasteiger partial charge on any atom is -0.465 e. The van der Waals surface area contributed by atoms with Crippen molar-refractivity contribution in [2.45, 2.75) is 38.3 Å². The molecule has 1 aliphatic carbocycles. The number of nitrogens with one attached hydrogen (secondary N) is 1. The van der Waals surface area contributed by atoms with Crippen molar-refractivity contribution in [3.63, 3.8) is 0 Å². The van der Waals surface area contributed by atoms with Crippen molar-refractivity contribution < 1.29 is 14.3 Å². The lowest BCUT2D eigenvalue weighted by Crippen LogP contribution is -2.30. The number of ether oxygens (including phenoxy) is 1. The Labute approximate surface area is 173 Å². The topological polar surface area (TPSA) is 90.3 Å². The molecule has 7 heteroatoms. The van der Waals surface area contributed by atoms with E-state index >= 15 is 0 Å². The molecule has 4 rings (SSSR count). The SMILES string of the molecule is COC(=O)c1ccccc1C(=O)NCc1nn(C2CCCC2)c(=O)c2ccccc12. The first-order valence-electron chi connectivity index (χ1n) is 10.1. The molecule has 1 saturated carbocycles. The summed E-state index contributed by atoms with van der Waals surface area (Å²) in [5.41, 5.74) is 0.966. The minimum absolute atomic E-state index is 0.0939. The standard InChI is InChI=1S/C23H23N3O4/c1-30-23(29)19-13-7-5-11-17(19)21(27)24-14-20-16-10-4-6-12-18(16)22(28)26(25-20)15-8-2-3-9-15/h4-7,10-13,15H,2-3,8-9,14H2,1H3,(H,24,27). The molecule has 0 aliphatic heterocycles.